The van der Waals surface area contributed by atoms with E-state index in [1.807, 2.05) is 11.3 Å². The molecular weight excluding hydrogens is 166 g/mol. The average molecular weight is 181 g/mol. The van der Waals surface area contributed by atoms with E-state index in [2.05, 4.69) is 19.9 Å². The van der Waals surface area contributed by atoms with E-state index in [4.69, 9.17) is 5.73 Å². The third kappa shape index (κ3) is 1.36. The van der Waals surface area contributed by atoms with Gasteiger partial charge in [-0.3, -0.25) is 0 Å². The summed E-state index contributed by atoms with van der Waals surface area (Å²) in [6.45, 7) is 4.41. The lowest BCUT2D eigenvalue weighted by Crippen LogP contribution is -1.89. The third-order valence-electron chi connectivity index (χ3n) is 2.31. The van der Waals surface area contributed by atoms with Crippen molar-refractivity contribution < 1.29 is 0 Å². The van der Waals surface area contributed by atoms with Crippen molar-refractivity contribution in [2.45, 2.75) is 38.5 Å². The minimum Gasteiger partial charge on any atom is -0.398 e. The highest BCUT2D eigenvalue weighted by atomic mass is 32.1. The van der Waals surface area contributed by atoms with Crippen molar-refractivity contribution >= 4 is 17.0 Å². The summed E-state index contributed by atoms with van der Waals surface area (Å²) in [7, 11) is 0. The first-order valence-corrected chi connectivity index (χ1v) is 5.39. The minimum atomic E-state index is 0.586. The van der Waals surface area contributed by atoms with E-state index in [-0.39, 0.29) is 0 Å². The first kappa shape index (κ1) is 8.11. The van der Waals surface area contributed by atoms with E-state index >= 15 is 0 Å². The largest absolute Gasteiger partial charge is 0.398 e. The molecule has 1 aliphatic rings. The van der Waals surface area contributed by atoms with E-state index in [1.54, 1.807) is 0 Å². The molecule has 0 saturated heterocycles. The molecule has 1 aromatic rings. The molecule has 1 aromatic heterocycles. The molecule has 2 N–H and O–H groups in total. The molecule has 0 amide bonds. The Balaban J connectivity index is 2.30. The zero-order chi connectivity index (χ0) is 8.72. The van der Waals surface area contributed by atoms with Crippen molar-refractivity contribution in [3.8, 4) is 0 Å². The van der Waals surface area contributed by atoms with Gasteiger partial charge in [-0.25, -0.2) is 0 Å². The predicted octanol–water partition coefficient (Wildman–Crippen LogP) is 3.33. The van der Waals surface area contributed by atoms with Gasteiger partial charge in [0, 0.05) is 15.4 Å². The summed E-state index contributed by atoms with van der Waals surface area (Å²) < 4.78 is 0. The van der Waals surface area contributed by atoms with Crippen molar-refractivity contribution in [2.24, 2.45) is 0 Å². The van der Waals surface area contributed by atoms with Crippen molar-refractivity contribution in [3.05, 3.63) is 15.8 Å². The standard InChI is InChI=1S/C10H15NS/c1-6(2)10-8(11)5-9(12-10)7-3-4-7/h5-7H,3-4,11H2,1-2H3. The molecule has 0 aromatic carbocycles. The fourth-order valence-electron chi connectivity index (χ4n) is 1.46. The molecule has 12 heavy (non-hydrogen) atoms. The zero-order valence-corrected chi connectivity index (χ0v) is 8.45. The monoisotopic (exact) mass is 181 g/mol. The van der Waals surface area contributed by atoms with Crippen LogP contribution in [0.5, 0.6) is 0 Å². The summed E-state index contributed by atoms with van der Waals surface area (Å²) in [4.78, 5) is 2.88. The van der Waals surface area contributed by atoms with Crippen LogP contribution in [0, 0.1) is 0 Å². The fraction of sp³-hybridized carbons (Fsp3) is 0.600. The summed E-state index contributed by atoms with van der Waals surface area (Å²) in [5.41, 5.74) is 6.93. The molecule has 1 nitrogen and oxygen atoms in total. The smallest absolute Gasteiger partial charge is 0.0461 e. The zero-order valence-electron chi connectivity index (χ0n) is 7.63. The Hall–Kier alpha value is -0.500. The molecule has 0 atom stereocenters. The Bertz CT molecular complexity index is 284. The Morgan fingerprint density at radius 3 is 2.58 bits per heavy atom. The maximum Gasteiger partial charge on any atom is 0.0461 e. The fourth-order valence-corrected chi connectivity index (χ4v) is 2.71. The van der Waals surface area contributed by atoms with Crippen LogP contribution in [0.1, 0.15) is 48.3 Å². The molecule has 0 aliphatic heterocycles. The van der Waals surface area contributed by atoms with Gasteiger partial charge in [0.05, 0.1) is 0 Å². The minimum absolute atomic E-state index is 0.586. The van der Waals surface area contributed by atoms with E-state index in [0.29, 0.717) is 5.92 Å². The Morgan fingerprint density at radius 2 is 2.17 bits per heavy atom. The first-order valence-electron chi connectivity index (χ1n) is 4.57. The number of thiophene rings is 1. The molecule has 1 fully saturated rings. The molecule has 1 aliphatic carbocycles. The normalized spacial score (nSPS) is 17.2. The van der Waals surface area contributed by atoms with Gasteiger partial charge in [-0.05, 0) is 30.7 Å². The Kier molecular flexibility index (Phi) is 1.87. The molecule has 0 spiro atoms. The van der Waals surface area contributed by atoms with Crippen LogP contribution < -0.4 is 5.73 Å². The van der Waals surface area contributed by atoms with Gasteiger partial charge in [-0.15, -0.1) is 11.3 Å². The molecule has 2 rings (SSSR count). The summed E-state index contributed by atoms with van der Waals surface area (Å²) in [5.74, 6) is 1.44. The molecule has 1 saturated carbocycles. The molecule has 2 heteroatoms. The number of rotatable bonds is 2. The van der Waals surface area contributed by atoms with E-state index in [0.717, 1.165) is 11.6 Å². The maximum absolute atomic E-state index is 5.92. The molecular formula is C10H15NS. The van der Waals surface area contributed by atoms with Gasteiger partial charge in [0.1, 0.15) is 0 Å². The Labute approximate surface area is 77.6 Å². The molecule has 66 valence electrons. The highest BCUT2D eigenvalue weighted by molar-refractivity contribution is 7.12. The highest BCUT2D eigenvalue weighted by Gasteiger charge is 2.26. The van der Waals surface area contributed by atoms with Gasteiger partial charge in [0.25, 0.3) is 0 Å². The average Bonchev–Trinajstić information content (AvgIpc) is 2.75. The van der Waals surface area contributed by atoms with Gasteiger partial charge < -0.3 is 5.73 Å². The van der Waals surface area contributed by atoms with Gasteiger partial charge in [0.15, 0.2) is 0 Å². The van der Waals surface area contributed by atoms with Crippen LogP contribution >= 0.6 is 11.3 Å². The lowest BCUT2D eigenvalue weighted by molar-refractivity contribution is 0.892. The van der Waals surface area contributed by atoms with Crippen molar-refractivity contribution in [1.82, 2.24) is 0 Å². The second-order valence-corrected chi connectivity index (χ2v) is 5.01. The molecule has 0 bridgehead atoms. The van der Waals surface area contributed by atoms with Crippen LogP contribution in [0.25, 0.3) is 0 Å². The topological polar surface area (TPSA) is 26.0 Å². The summed E-state index contributed by atoms with van der Waals surface area (Å²) in [5, 5.41) is 0. The maximum atomic E-state index is 5.92. The molecule has 0 unspecified atom stereocenters. The van der Waals surface area contributed by atoms with E-state index in [9.17, 15) is 0 Å². The number of anilines is 1. The quantitative estimate of drug-likeness (QED) is 0.744. The first-order chi connectivity index (χ1) is 5.68. The predicted molar refractivity (Wildman–Crippen MR) is 54.8 cm³/mol. The van der Waals surface area contributed by atoms with Crippen LogP contribution in [0.15, 0.2) is 6.07 Å². The van der Waals surface area contributed by atoms with Gasteiger partial charge >= 0.3 is 0 Å². The van der Waals surface area contributed by atoms with Crippen LogP contribution in [-0.2, 0) is 0 Å². The second-order valence-electron chi connectivity index (χ2n) is 3.90. The number of hydrogen-bond donors (Lipinski definition) is 1. The SMILES string of the molecule is CC(C)c1sc(C2CC2)cc1N. The van der Waals surface area contributed by atoms with Crippen LogP contribution in [-0.4, -0.2) is 0 Å². The molecule has 0 radical (unpaired) electrons. The summed E-state index contributed by atoms with van der Waals surface area (Å²) in [6, 6.07) is 2.18. The highest BCUT2D eigenvalue weighted by Crippen LogP contribution is 2.46. The van der Waals surface area contributed by atoms with Crippen LogP contribution in [0.2, 0.25) is 0 Å². The Morgan fingerprint density at radius 1 is 1.50 bits per heavy atom. The van der Waals surface area contributed by atoms with Gasteiger partial charge in [0.2, 0.25) is 0 Å². The number of nitrogen functional groups attached to an aromatic ring is 1. The number of nitrogens with two attached hydrogens (primary N) is 1. The summed E-state index contributed by atoms with van der Waals surface area (Å²) >= 11 is 1.91. The van der Waals surface area contributed by atoms with Crippen molar-refractivity contribution in [2.75, 3.05) is 5.73 Å². The lowest BCUT2D eigenvalue weighted by atomic mass is 10.1. The van der Waals surface area contributed by atoms with Crippen LogP contribution in [0.3, 0.4) is 0 Å². The van der Waals surface area contributed by atoms with Crippen LogP contribution in [0.4, 0.5) is 5.69 Å². The molecule has 1 heterocycles. The van der Waals surface area contributed by atoms with E-state index in [1.165, 1.54) is 22.6 Å². The second kappa shape index (κ2) is 2.77. The van der Waals surface area contributed by atoms with Crippen molar-refractivity contribution in [1.29, 1.82) is 0 Å². The lowest BCUT2D eigenvalue weighted by Gasteiger charge is -2.00. The van der Waals surface area contributed by atoms with Crippen molar-refractivity contribution in [3.63, 3.8) is 0 Å². The summed E-state index contributed by atoms with van der Waals surface area (Å²) in [6.07, 6.45) is 2.75. The third-order valence-corrected chi connectivity index (χ3v) is 3.93. The van der Waals surface area contributed by atoms with E-state index < -0.39 is 0 Å². The van der Waals surface area contributed by atoms with Gasteiger partial charge in [-0.2, -0.15) is 0 Å². The number of hydrogen-bond acceptors (Lipinski definition) is 2. The van der Waals surface area contributed by atoms with Gasteiger partial charge in [-0.1, -0.05) is 13.8 Å².